The van der Waals surface area contributed by atoms with Crippen LogP contribution in [0.1, 0.15) is 12.6 Å². The Morgan fingerprint density at radius 3 is 2.81 bits per heavy atom. The minimum atomic E-state index is 0.248. The lowest BCUT2D eigenvalue weighted by molar-refractivity contribution is 0.315. The molecule has 1 aliphatic heterocycles. The van der Waals surface area contributed by atoms with Gasteiger partial charge in [-0.2, -0.15) is 0 Å². The zero-order valence-corrected chi connectivity index (χ0v) is 10.7. The molecule has 1 aliphatic rings. The van der Waals surface area contributed by atoms with Gasteiger partial charge in [-0.25, -0.2) is 4.98 Å². The van der Waals surface area contributed by atoms with Crippen molar-refractivity contribution in [2.24, 2.45) is 11.7 Å². The number of halogens is 2. The zero-order valence-electron chi connectivity index (χ0n) is 9.16. The van der Waals surface area contributed by atoms with Crippen LogP contribution in [0, 0.1) is 5.92 Å². The van der Waals surface area contributed by atoms with Crippen LogP contribution in [-0.2, 0) is 6.54 Å². The van der Waals surface area contributed by atoms with Gasteiger partial charge in [-0.3, -0.25) is 4.90 Å². The van der Waals surface area contributed by atoms with Gasteiger partial charge in [0.2, 0.25) is 0 Å². The maximum absolute atomic E-state index is 6.07. The molecule has 2 heterocycles. The molecule has 0 saturated carbocycles. The van der Waals surface area contributed by atoms with Crippen molar-refractivity contribution in [1.82, 2.24) is 9.88 Å². The third kappa shape index (κ3) is 2.66. The quantitative estimate of drug-likeness (QED) is 0.828. The van der Waals surface area contributed by atoms with E-state index in [0.29, 0.717) is 16.1 Å². The molecule has 5 heteroatoms. The lowest BCUT2D eigenvalue weighted by Crippen LogP contribution is -2.28. The first kappa shape index (κ1) is 12.1. The second kappa shape index (κ2) is 4.88. The maximum Gasteiger partial charge on any atom is 0.129 e. The molecule has 0 amide bonds. The van der Waals surface area contributed by atoms with Crippen molar-refractivity contribution in [3.05, 3.63) is 28.0 Å². The Kier molecular flexibility index (Phi) is 3.70. The summed E-state index contributed by atoms with van der Waals surface area (Å²) in [4.78, 5) is 6.50. The molecule has 1 fully saturated rings. The summed E-state index contributed by atoms with van der Waals surface area (Å²) in [6, 6.07) is 3.73. The molecule has 1 aromatic heterocycles. The third-order valence-corrected chi connectivity index (χ3v) is 3.56. The van der Waals surface area contributed by atoms with Crippen molar-refractivity contribution in [3.63, 3.8) is 0 Å². The highest BCUT2D eigenvalue weighted by Gasteiger charge is 2.27. The van der Waals surface area contributed by atoms with Gasteiger partial charge >= 0.3 is 0 Å². The molecule has 1 aromatic rings. The monoisotopic (exact) mass is 259 g/mol. The molecule has 0 bridgehead atoms. The van der Waals surface area contributed by atoms with Crippen molar-refractivity contribution in [2.45, 2.75) is 19.5 Å². The minimum absolute atomic E-state index is 0.248. The largest absolute Gasteiger partial charge is 0.326 e. The highest BCUT2D eigenvalue weighted by atomic mass is 35.5. The predicted octanol–water partition coefficient (Wildman–Crippen LogP) is 2.17. The molecule has 0 spiro atoms. The Bertz CT molecular complexity index is 373. The summed E-state index contributed by atoms with van der Waals surface area (Å²) in [6.07, 6.45) is 0. The van der Waals surface area contributed by atoms with E-state index in [1.807, 2.05) is 0 Å². The van der Waals surface area contributed by atoms with E-state index < -0.39 is 0 Å². The molecule has 2 N–H and O–H groups in total. The normalized spacial score (nSPS) is 26.2. The second-order valence-corrected chi connectivity index (χ2v) is 5.19. The number of aromatic nitrogens is 1. The Morgan fingerprint density at radius 1 is 1.44 bits per heavy atom. The third-order valence-electron chi connectivity index (χ3n) is 3.00. The van der Waals surface area contributed by atoms with Crippen molar-refractivity contribution in [3.8, 4) is 0 Å². The van der Waals surface area contributed by atoms with E-state index >= 15 is 0 Å². The van der Waals surface area contributed by atoms with Crippen LogP contribution < -0.4 is 5.73 Å². The van der Waals surface area contributed by atoms with E-state index in [1.165, 1.54) is 0 Å². The van der Waals surface area contributed by atoms with Gasteiger partial charge in [-0.15, -0.1) is 0 Å². The molecule has 1 saturated heterocycles. The van der Waals surface area contributed by atoms with Gasteiger partial charge < -0.3 is 5.73 Å². The minimum Gasteiger partial charge on any atom is -0.326 e. The van der Waals surface area contributed by atoms with Gasteiger partial charge in [-0.05, 0) is 18.1 Å². The van der Waals surface area contributed by atoms with Crippen LogP contribution in [0.15, 0.2) is 12.1 Å². The first-order chi connectivity index (χ1) is 7.56. The SMILES string of the molecule is CC1CN(Cc2nc(Cl)ccc2Cl)CC1N. The lowest BCUT2D eigenvalue weighted by Gasteiger charge is -2.15. The molecule has 16 heavy (non-hydrogen) atoms. The molecule has 88 valence electrons. The van der Waals surface area contributed by atoms with E-state index in [4.69, 9.17) is 28.9 Å². The molecule has 2 rings (SSSR count). The standard InChI is InChI=1S/C11H15Cl2N3/c1-7-4-16(5-9(7)14)6-10-8(12)2-3-11(13)15-10/h2-3,7,9H,4-6,14H2,1H3. The summed E-state index contributed by atoms with van der Waals surface area (Å²) < 4.78 is 0. The van der Waals surface area contributed by atoms with Crippen LogP contribution in [0.4, 0.5) is 0 Å². The topological polar surface area (TPSA) is 42.2 Å². The zero-order chi connectivity index (χ0) is 11.7. The van der Waals surface area contributed by atoms with Crippen LogP contribution in [0.5, 0.6) is 0 Å². The van der Waals surface area contributed by atoms with Crippen LogP contribution in [0.25, 0.3) is 0 Å². The predicted molar refractivity (Wildman–Crippen MR) is 66.7 cm³/mol. The summed E-state index contributed by atoms with van der Waals surface area (Å²) >= 11 is 11.9. The Labute approximate surface area is 106 Å². The highest BCUT2D eigenvalue weighted by Crippen LogP contribution is 2.22. The van der Waals surface area contributed by atoms with Crippen LogP contribution in [0.3, 0.4) is 0 Å². The first-order valence-electron chi connectivity index (χ1n) is 5.35. The fourth-order valence-corrected chi connectivity index (χ4v) is 2.33. The number of nitrogens with zero attached hydrogens (tertiary/aromatic N) is 2. The molecule has 0 radical (unpaired) electrons. The first-order valence-corrected chi connectivity index (χ1v) is 6.10. The summed E-state index contributed by atoms with van der Waals surface area (Å²) in [5.41, 5.74) is 6.80. The Morgan fingerprint density at radius 2 is 2.19 bits per heavy atom. The molecular weight excluding hydrogens is 245 g/mol. The molecule has 2 atom stereocenters. The Hall–Kier alpha value is -0.350. The molecule has 3 nitrogen and oxygen atoms in total. The molecule has 2 unspecified atom stereocenters. The van der Waals surface area contributed by atoms with Gasteiger partial charge in [0.25, 0.3) is 0 Å². The molecule has 0 aromatic carbocycles. The number of likely N-dealkylation sites (tertiary alicyclic amines) is 1. The molecule has 0 aliphatic carbocycles. The fraction of sp³-hybridized carbons (Fsp3) is 0.545. The number of nitrogens with two attached hydrogens (primary N) is 1. The van der Waals surface area contributed by atoms with Gasteiger partial charge in [0.15, 0.2) is 0 Å². The van der Waals surface area contributed by atoms with E-state index in [2.05, 4.69) is 16.8 Å². The van der Waals surface area contributed by atoms with Crippen molar-refractivity contribution < 1.29 is 0 Å². The smallest absolute Gasteiger partial charge is 0.129 e. The number of pyridine rings is 1. The van der Waals surface area contributed by atoms with Crippen molar-refractivity contribution in [2.75, 3.05) is 13.1 Å². The van der Waals surface area contributed by atoms with Gasteiger partial charge in [0.1, 0.15) is 5.15 Å². The number of hydrogen-bond acceptors (Lipinski definition) is 3. The summed E-state index contributed by atoms with van der Waals surface area (Å²) in [5, 5.41) is 1.15. The van der Waals surface area contributed by atoms with E-state index in [0.717, 1.165) is 25.3 Å². The van der Waals surface area contributed by atoms with E-state index in [1.54, 1.807) is 12.1 Å². The second-order valence-electron chi connectivity index (χ2n) is 4.40. The van der Waals surface area contributed by atoms with Crippen molar-refractivity contribution >= 4 is 23.2 Å². The maximum atomic E-state index is 6.07. The summed E-state index contributed by atoms with van der Waals surface area (Å²) in [6.45, 7) is 4.77. The number of rotatable bonds is 2. The van der Waals surface area contributed by atoms with Gasteiger partial charge in [0, 0.05) is 25.7 Å². The average molecular weight is 260 g/mol. The van der Waals surface area contributed by atoms with Crippen LogP contribution in [0.2, 0.25) is 10.2 Å². The van der Waals surface area contributed by atoms with E-state index in [-0.39, 0.29) is 6.04 Å². The fourth-order valence-electron chi connectivity index (χ4n) is 2.00. The summed E-state index contributed by atoms with van der Waals surface area (Å²) in [5.74, 6) is 0.526. The van der Waals surface area contributed by atoms with Crippen molar-refractivity contribution in [1.29, 1.82) is 0 Å². The van der Waals surface area contributed by atoms with Crippen LogP contribution in [-0.4, -0.2) is 29.0 Å². The average Bonchev–Trinajstić information content (AvgIpc) is 2.52. The number of hydrogen-bond donors (Lipinski definition) is 1. The van der Waals surface area contributed by atoms with Gasteiger partial charge in [-0.1, -0.05) is 30.1 Å². The molecular formula is C11H15Cl2N3. The van der Waals surface area contributed by atoms with E-state index in [9.17, 15) is 0 Å². The highest BCUT2D eigenvalue weighted by molar-refractivity contribution is 6.32. The van der Waals surface area contributed by atoms with Crippen LogP contribution >= 0.6 is 23.2 Å². The van der Waals surface area contributed by atoms with Gasteiger partial charge in [0.05, 0.1) is 10.7 Å². The Balaban J connectivity index is 2.07. The summed E-state index contributed by atoms with van der Waals surface area (Å²) in [7, 11) is 0. The lowest BCUT2D eigenvalue weighted by atomic mass is 10.1.